The van der Waals surface area contributed by atoms with Crippen LogP contribution in [0, 0.1) is 5.82 Å². The molecule has 0 unspecified atom stereocenters. The smallest absolute Gasteiger partial charge is 0.227 e. The summed E-state index contributed by atoms with van der Waals surface area (Å²) in [5.41, 5.74) is 0.446. The van der Waals surface area contributed by atoms with Crippen molar-refractivity contribution < 1.29 is 9.18 Å². The van der Waals surface area contributed by atoms with E-state index in [-0.39, 0.29) is 18.1 Å². The number of benzene rings is 1. The fourth-order valence-corrected chi connectivity index (χ4v) is 1.75. The number of carbonyl (C=O) groups excluding carboxylic acids is 1. The standard InChI is InChI=1S/C13H17ClFNO/c1-2-16(9-5-8-14)13(17)10-11-6-3-4-7-12(11)15/h3-4,6-7H,2,5,8-10H2,1H3. The maximum Gasteiger partial charge on any atom is 0.227 e. The van der Waals surface area contributed by atoms with E-state index in [0.29, 0.717) is 24.5 Å². The van der Waals surface area contributed by atoms with Gasteiger partial charge in [0.15, 0.2) is 0 Å². The molecule has 0 atom stereocenters. The van der Waals surface area contributed by atoms with Gasteiger partial charge in [0.1, 0.15) is 5.82 Å². The molecule has 0 aliphatic rings. The van der Waals surface area contributed by atoms with Crippen molar-refractivity contribution in [2.24, 2.45) is 0 Å². The molecule has 0 radical (unpaired) electrons. The highest BCUT2D eigenvalue weighted by atomic mass is 35.5. The van der Waals surface area contributed by atoms with Crippen molar-refractivity contribution in [3.63, 3.8) is 0 Å². The monoisotopic (exact) mass is 257 g/mol. The van der Waals surface area contributed by atoms with Gasteiger partial charge in [-0.05, 0) is 25.0 Å². The van der Waals surface area contributed by atoms with E-state index >= 15 is 0 Å². The quantitative estimate of drug-likeness (QED) is 0.718. The minimum absolute atomic E-state index is 0.0530. The Hall–Kier alpha value is -1.09. The fraction of sp³-hybridized carbons (Fsp3) is 0.462. The predicted molar refractivity (Wildman–Crippen MR) is 67.7 cm³/mol. The van der Waals surface area contributed by atoms with E-state index in [2.05, 4.69) is 0 Å². The molecular formula is C13H17ClFNO. The van der Waals surface area contributed by atoms with Gasteiger partial charge in [0, 0.05) is 19.0 Å². The first-order valence-electron chi connectivity index (χ1n) is 5.76. The minimum atomic E-state index is -0.325. The van der Waals surface area contributed by atoms with Crippen molar-refractivity contribution in [2.75, 3.05) is 19.0 Å². The molecule has 1 aromatic carbocycles. The molecule has 1 rings (SSSR count). The van der Waals surface area contributed by atoms with Crippen LogP contribution in [0.4, 0.5) is 4.39 Å². The summed E-state index contributed by atoms with van der Waals surface area (Å²) in [6, 6.07) is 6.37. The van der Waals surface area contributed by atoms with E-state index in [1.165, 1.54) is 6.07 Å². The van der Waals surface area contributed by atoms with E-state index in [0.717, 1.165) is 6.42 Å². The minimum Gasteiger partial charge on any atom is -0.343 e. The lowest BCUT2D eigenvalue weighted by atomic mass is 10.1. The van der Waals surface area contributed by atoms with E-state index in [9.17, 15) is 9.18 Å². The van der Waals surface area contributed by atoms with Gasteiger partial charge in [-0.2, -0.15) is 0 Å². The Balaban J connectivity index is 2.61. The van der Waals surface area contributed by atoms with Gasteiger partial charge < -0.3 is 4.90 Å². The molecule has 2 nitrogen and oxygen atoms in total. The first kappa shape index (κ1) is 14.0. The molecule has 0 spiro atoms. The van der Waals surface area contributed by atoms with Crippen molar-refractivity contribution in [3.8, 4) is 0 Å². The van der Waals surface area contributed by atoms with Gasteiger partial charge >= 0.3 is 0 Å². The van der Waals surface area contributed by atoms with Gasteiger partial charge in [-0.1, -0.05) is 18.2 Å². The number of nitrogens with zero attached hydrogens (tertiary/aromatic N) is 1. The Morgan fingerprint density at radius 3 is 2.71 bits per heavy atom. The molecule has 0 N–H and O–H groups in total. The number of hydrogen-bond acceptors (Lipinski definition) is 1. The first-order valence-corrected chi connectivity index (χ1v) is 6.29. The zero-order chi connectivity index (χ0) is 12.7. The fourth-order valence-electron chi connectivity index (χ4n) is 1.63. The summed E-state index contributed by atoms with van der Waals surface area (Å²) in [7, 11) is 0. The lowest BCUT2D eigenvalue weighted by molar-refractivity contribution is -0.130. The van der Waals surface area contributed by atoms with Crippen LogP contribution in [0.2, 0.25) is 0 Å². The summed E-state index contributed by atoms with van der Waals surface area (Å²) in [4.78, 5) is 13.6. The third kappa shape index (κ3) is 4.35. The van der Waals surface area contributed by atoms with Crippen LogP contribution in [0.3, 0.4) is 0 Å². The molecule has 0 heterocycles. The van der Waals surface area contributed by atoms with Crippen LogP contribution in [0.1, 0.15) is 18.9 Å². The third-order valence-electron chi connectivity index (χ3n) is 2.60. The number of halogens is 2. The highest BCUT2D eigenvalue weighted by Crippen LogP contribution is 2.09. The van der Waals surface area contributed by atoms with E-state index in [1.54, 1.807) is 23.1 Å². The normalized spacial score (nSPS) is 10.3. The second-order valence-corrected chi connectivity index (χ2v) is 4.16. The molecular weight excluding hydrogens is 241 g/mol. The molecule has 17 heavy (non-hydrogen) atoms. The molecule has 0 aliphatic heterocycles. The van der Waals surface area contributed by atoms with Crippen molar-refractivity contribution in [1.82, 2.24) is 4.90 Å². The number of hydrogen-bond donors (Lipinski definition) is 0. The largest absolute Gasteiger partial charge is 0.343 e. The van der Waals surface area contributed by atoms with Crippen LogP contribution in [0.5, 0.6) is 0 Å². The molecule has 1 amide bonds. The Labute approximate surface area is 106 Å². The predicted octanol–water partition coefficient (Wildman–Crippen LogP) is 2.85. The Kier molecular flexibility index (Phi) is 5.98. The zero-order valence-corrected chi connectivity index (χ0v) is 10.7. The van der Waals surface area contributed by atoms with Crippen LogP contribution in [-0.4, -0.2) is 29.8 Å². The summed E-state index contributed by atoms with van der Waals surface area (Å²) in [6.45, 7) is 3.17. The maximum atomic E-state index is 13.4. The number of amides is 1. The van der Waals surface area contributed by atoms with Crippen LogP contribution >= 0.6 is 11.6 Å². The highest BCUT2D eigenvalue weighted by molar-refractivity contribution is 6.17. The second kappa shape index (κ2) is 7.28. The summed E-state index contributed by atoms with van der Waals surface area (Å²) >= 11 is 5.59. The molecule has 0 aliphatic carbocycles. The molecule has 1 aromatic rings. The third-order valence-corrected chi connectivity index (χ3v) is 2.86. The second-order valence-electron chi connectivity index (χ2n) is 3.78. The Morgan fingerprint density at radius 2 is 2.12 bits per heavy atom. The molecule has 0 aromatic heterocycles. The maximum absolute atomic E-state index is 13.4. The lowest BCUT2D eigenvalue weighted by Gasteiger charge is -2.20. The molecule has 94 valence electrons. The molecule has 0 fully saturated rings. The summed E-state index contributed by atoms with van der Waals surface area (Å²) < 4.78 is 13.4. The van der Waals surface area contributed by atoms with Gasteiger partial charge in [0.2, 0.25) is 5.91 Å². The van der Waals surface area contributed by atoms with Gasteiger partial charge in [0.25, 0.3) is 0 Å². The van der Waals surface area contributed by atoms with Gasteiger partial charge in [-0.15, -0.1) is 11.6 Å². The average molecular weight is 258 g/mol. The number of alkyl halides is 1. The molecule has 0 bridgehead atoms. The summed E-state index contributed by atoms with van der Waals surface area (Å²) in [5, 5.41) is 0. The SMILES string of the molecule is CCN(CCCCl)C(=O)Cc1ccccc1F. The first-order chi connectivity index (χ1) is 8.19. The van der Waals surface area contributed by atoms with Crippen LogP contribution < -0.4 is 0 Å². The van der Waals surface area contributed by atoms with Crippen LogP contribution in [0.25, 0.3) is 0 Å². The highest BCUT2D eigenvalue weighted by Gasteiger charge is 2.13. The topological polar surface area (TPSA) is 20.3 Å². The average Bonchev–Trinajstić information content (AvgIpc) is 2.33. The van der Waals surface area contributed by atoms with Gasteiger partial charge in [-0.3, -0.25) is 4.79 Å². The number of likely N-dealkylation sites (N-methyl/N-ethyl adjacent to an activating group) is 1. The van der Waals surface area contributed by atoms with E-state index in [4.69, 9.17) is 11.6 Å². The van der Waals surface area contributed by atoms with E-state index in [1.807, 2.05) is 6.92 Å². The van der Waals surface area contributed by atoms with Crippen molar-refractivity contribution in [3.05, 3.63) is 35.6 Å². The van der Waals surface area contributed by atoms with E-state index < -0.39 is 0 Å². The summed E-state index contributed by atoms with van der Waals surface area (Å²) in [5.74, 6) is 0.153. The Morgan fingerprint density at radius 1 is 1.41 bits per heavy atom. The molecule has 4 heteroatoms. The van der Waals surface area contributed by atoms with Crippen molar-refractivity contribution in [1.29, 1.82) is 0 Å². The number of carbonyl (C=O) groups is 1. The van der Waals surface area contributed by atoms with Gasteiger partial charge in [-0.25, -0.2) is 4.39 Å². The Bertz CT molecular complexity index is 370. The summed E-state index contributed by atoms with van der Waals surface area (Å²) in [6.07, 6.45) is 0.876. The molecule has 0 saturated carbocycles. The van der Waals surface area contributed by atoms with Crippen LogP contribution in [0.15, 0.2) is 24.3 Å². The van der Waals surface area contributed by atoms with Gasteiger partial charge in [0.05, 0.1) is 6.42 Å². The van der Waals surface area contributed by atoms with Crippen molar-refractivity contribution in [2.45, 2.75) is 19.8 Å². The van der Waals surface area contributed by atoms with Crippen molar-refractivity contribution >= 4 is 17.5 Å². The number of rotatable bonds is 6. The molecule has 0 saturated heterocycles. The zero-order valence-electron chi connectivity index (χ0n) is 9.96. The van der Waals surface area contributed by atoms with Crippen LogP contribution in [-0.2, 0) is 11.2 Å². The lowest BCUT2D eigenvalue weighted by Crippen LogP contribution is -2.33.